The number of aliphatic imine (C=N–C) groups is 2. The van der Waals surface area contributed by atoms with Crippen LogP contribution in [-0.4, -0.2) is 72.5 Å². The first kappa shape index (κ1) is 25.5. The number of fused-ring (bicyclic) bond motifs is 1. The van der Waals surface area contributed by atoms with E-state index in [9.17, 15) is 0 Å². The van der Waals surface area contributed by atoms with Gasteiger partial charge in [0.2, 0.25) is 0 Å². The number of piperazine rings is 1. The molecule has 0 bridgehead atoms. The summed E-state index contributed by atoms with van der Waals surface area (Å²) in [6.45, 7) is 17.9. The third kappa shape index (κ3) is 5.96. The molecule has 0 spiro atoms. The van der Waals surface area contributed by atoms with E-state index in [0.717, 1.165) is 65.7 Å². The lowest BCUT2D eigenvalue weighted by atomic mass is 9.93. The Bertz CT molecular complexity index is 1270. The number of aromatic amines is 1. The summed E-state index contributed by atoms with van der Waals surface area (Å²) in [7, 11) is 2.13. The van der Waals surface area contributed by atoms with Crippen molar-refractivity contribution in [2.24, 2.45) is 9.98 Å². The highest BCUT2D eigenvalue weighted by molar-refractivity contribution is 5.94. The zero-order valence-electron chi connectivity index (χ0n) is 22.2. The standard InChI is InChI=1S/C27H37N7O2/c1-18-14-20-19(2)22(9-8-21(20)30-18)35-17-29-26(34-12-10-33(7)11-13-34)16-24(28-6)31-25-15-23(36-32-25)27(3,4)5/h8-9,14-16,30H,6,10-13,17H2,1-5,7H3,(H,31,32)/b24-16+,29-26+. The molecule has 1 fully saturated rings. The molecule has 2 aromatic heterocycles. The van der Waals surface area contributed by atoms with Crippen molar-refractivity contribution in [3.05, 3.63) is 53.2 Å². The van der Waals surface area contributed by atoms with Gasteiger partial charge in [-0.2, -0.15) is 0 Å². The Balaban J connectivity index is 1.55. The number of likely N-dealkylation sites (N-methyl/N-ethyl adjacent to an activating group) is 1. The van der Waals surface area contributed by atoms with Gasteiger partial charge in [-0.1, -0.05) is 25.9 Å². The molecule has 1 saturated heterocycles. The first-order chi connectivity index (χ1) is 17.1. The van der Waals surface area contributed by atoms with Gasteiger partial charge >= 0.3 is 0 Å². The maximum Gasteiger partial charge on any atom is 0.181 e. The van der Waals surface area contributed by atoms with Crippen molar-refractivity contribution in [3.63, 3.8) is 0 Å². The van der Waals surface area contributed by atoms with Crippen LogP contribution in [0.25, 0.3) is 10.9 Å². The van der Waals surface area contributed by atoms with E-state index in [1.54, 1.807) is 0 Å². The number of hydrogen-bond donors (Lipinski definition) is 2. The molecular formula is C27H37N7O2. The SMILES string of the molecule is C=N/C(=C\C(=N/COc1ccc2[nH]c(C)cc2c1C)N1CCN(C)CC1)Nc1cc(C(C)(C)C)on1. The molecule has 0 radical (unpaired) electrons. The average Bonchev–Trinajstić information content (AvgIpc) is 3.46. The summed E-state index contributed by atoms with van der Waals surface area (Å²) in [5.41, 5.74) is 3.20. The van der Waals surface area contributed by atoms with Crippen LogP contribution in [0.3, 0.4) is 0 Å². The van der Waals surface area contributed by atoms with Gasteiger partial charge in [0.1, 0.15) is 23.2 Å². The van der Waals surface area contributed by atoms with Crippen molar-refractivity contribution in [3.8, 4) is 5.75 Å². The zero-order valence-corrected chi connectivity index (χ0v) is 22.2. The lowest BCUT2D eigenvalue weighted by molar-refractivity contribution is 0.214. The lowest BCUT2D eigenvalue weighted by Gasteiger charge is -2.33. The molecular weight excluding hydrogens is 454 g/mol. The topological polar surface area (TPSA) is 94.3 Å². The number of nitrogens with one attached hydrogen (secondary N) is 2. The van der Waals surface area contributed by atoms with E-state index in [4.69, 9.17) is 14.3 Å². The maximum absolute atomic E-state index is 6.11. The van der Waals surface area contributed by atoms with Gasteiger partial charge in [-0.15, -0.1) is 0 Å². The second-order valence-corrected chi connectivity index (χ2v) is 10.3. The first-order valence-electron chi connectivity index (χ1n) is 12.3. The number of aromatic nitrogens is 2. The van der Waals surface area contributed by atoms with Crippen LogP contribution in [-0.2, 0) is 5.41 Å². The average molecular weight is 492 g/mol. The van der Waals surface area contributed by atoms with E-state index >= 15 is 0 Å². The molecule has 0 atom stereocenters. The largest absolute Gasteiger partial charge is 0.471 e. The van der Waals surface area contributed by atoms with Gasteiger partial charge in [-0.05, 0) is 45.8 Å². The number of aryl methyl sites for hydroxylation is 2. The van der Waals surface area contributed by atoms with Crippen molar-refractivity contribution < 1.29 is 9.26 Å². The van der Waals surface area contributed by atoms with Gasteiger partial charge in [-0.25, -0.2) is 9.98 Å². The lowest BCUT2D eigenvalue weighted by Crippen LogP contribution is -2.47. The fraction of sp³-hybridized carbons (Fsp3) is 0.444. The molecule has 3 aromatic rings. The minimum atomic E-state index is -0.136. The summed E-state index contributed by atoms with van der Waals surface area (Å²) < 4.78 is 11.6. The first-order valence-corrected chi connectivity index (χ1v) is 12.3. The van der Waals surface area contributed by atoms with Crippen LogP contribution in [0, 0.1) is 13.8 Å². The van der Waals surface area contributed by atoms with Crippen LogP contribution < -0.4 is 10.1 Å². The molecule has 36 heavy (non-hydrogen) atoms. The number of H-pyrrole nitrogens is 1. The smallest absolute Gasteiger partial charge is 0.181 e. The summed E-state index contributed by atoms with van der Waals surface area (Å²) in [6.07, 6.45) is 1.89. The van der Waals surface area contributed by atoms with Crippen molar-refractivity contribution in [1.82, 2.24) is 19.9 Å². The monoisotopic (exact) mass is 491 g/mol. The molecule has 3 heterocycles. The quantitative estimate of drug-likeness (QED) is 0.367. The fourth-order valence-electron chi connectivity index (χ4n) is 4.13. The van der Waals surface area contributed by atoms with Crippen molar-refractivity contribution >= 4 is 29.3 Å². The summed E-state index contributed by atoms with van der Waals surface area (Å²) in [5, 5.41) is 8.50. The van der Waals surface area contributed by atoms with Gasteiger partial charge in [-0.3, -0.25) is 0 Å². The molecule has 9 nitrogen and oxygen atoms in total. The number of benzene rings is 1. The van der Waals surface area contributed by atoms with Gasteiger partial charge in [0.15, 0.2) is 12.5 Å². The van der Waals surface area contributed by atoms with Crippen LogP contribution in [0.1, 0.15) is 37.8 Å². The van der Waals surface area contributed by atoms with Gasteiger partial charge < -0.3 is 29.4 Å². The molecule has 192 valence electrons. The number of amidine groups is 1. The van der Waals surface area contributed by atoms with E-state index < -0.39 is 0 Å². The number of ether oxygens (including phenoxy) is 1. The molecule has 0 amide bonds. The zero-order chi connectivity index (χ0) is 25.9. The Hall–Kier alpha value is -3.59. The second kappa shape index (κ2) is 10.6. The van der Waals surface area contributed by atoms with Crippen LogP contribution in [0.2, 0.25) is 0 Å². The number of hydrogen-bond acceptors (Lipinski definition) is 7. The molecule has 9 heteroatoms. The highest BCUT2D eigenvalue weighted by Gasteiger charge is 2.21. The number of nitrogens with zero attached hydrogens (tertiary/aromatic N) is 5. The minimum Gasteiger partial charge on any atom is -0.471 e. The normalized spacial score (nSPS) is 16.0. The summed E-state index contributed by atoms with van der Waals surface area (Å²) in [6, 6.07) is 8.06. The summed E-state index contributed by atoms with van der Waals surface area (Å²) in [4.78, 5) is 16.9. The molecule has 1 aromatic carbocycles. The number of anilines is 1. The molecule has 2 N–H and O–H groups in total. The van der Waals surface area contributed by atoms with Gasteiger partial charge in [0, 0.05) is 65.9 Å². The van der Waals surface area contributed by atoms with Crippen LogP contribution in [0.15, 0.2) is 50.7 Å². The summed E-state index contributed by atoms with van der Waals surface area (Å²) in [5.74, 6) is 3.53. The third-order valence-corrected chi connectivity index (χ3v) is 6.37. The summed E-state index contributed by atoms with van der Waals surface area (Å²) >= 11 is 0. The Kier molecular flexibility index (Phi) is 7.49. The highest BCUT2D eigenvalue weighted by Crippen LogP contribution is 2.28. The molecule has 0 aliphatic carbocycles. The van der Waals surface area contributed by atoms with E-state index in [2.05, 4.69) is 84.7 Å². The number of rotatable bonds is 7. The molecule has 0 saturated carbocycles. The third-order valence-electron chi connectivity index (χ3n) is 6.37. The van der Waals surface area contributed by atoms with Crippen LogP contribution >= 0.6 is 0 Å². The Labute approximate surface area is 212 Å². The van der Waals surface area contributed by atoms with Crippen molar-refractivity contribution in [2.75, 3.05) is 45.3 Å². The minimum absolute atomic E-state index is 0.136. The van der Waals surface area contributed by atoms with Crippen molar-refractivity contribution in [1.29, 1.82) is 0 Å². The molecule has 4 rings (SSSR count). The van der Waals surface area contributed by atoms with E-state index in [1.165, 1.54) is 0 Å². The Morgan fingerprint density at radius 1 is 1.22 bits per heavy atom. The Morgan fingerprint density at radius 2 is 1.97 bits per heavy atom. The van der Waals surface area contributed by atoms with Crippen LogP contribution in [0.4, 0.5) is 5.82 Å². The van der Waals surface area contributed by atoms with Crippen LogP contribution in [0.5, 0.6) is 5.75 Å². The molecule has 1 aliphatic heterocycles. The second-order valence-electron chi connectivity index (χ2n) is 10.3. The maximum atomic E-state index is 6.11. The van der Waals surface area contributed by atoms with E-state index in [-0.39, 0.29) is 12.1 Å². The molecule has 0 unspecified atom stereocenters. The van der Waals surface area contributed by atoms with E-state index in [0.29, 0.717) is 11.6 Å². The van der Waals surface area contributed by atoms with Gasteiger partial charge in [0.25, 0.3) is 0 Å². The predicted octanol–water partition coefficient (Wildman–Crippen LogP) is 4.71. The van der Waals surface area contributed by atoms with E-state index in [1.807, 2.05) is 24.3 Å². The predicted molar refractivity (Wildman–Crippen MR) is 146 cm³/mol. The Morgan fingerprint density at radius 3 is 2.64 bits per heavy atom. The fourth-order valence-corrected chi connectivity index (χ4v) is 4.13. The molecule has 1 aliphatic rings. The highest BCUT2D eigenvalue weighted by atomic mass is 16.5. The van der Waals surface area contributed by atoms with Gasteiger partial charge in [0.05, 0.1) is 0 Å². The van der Waals surface area contributed by atoms with Crippen molar-refractivity contribution in [2.45, 2.75) is 40.0 Å².